The summed E-state index contributed by atoms with van der Waals surface area (Å²) in [6, 6.07) is 8.74. The molecule has 0 aliphatic carbocycles. The van der Waals surface area contributed by atoms with Crippen LogP contribution >= 0.6 is 11.6 Å². The van der Waals surface area contributed by atoms with Crippen molar-refractivity contribution in [3.8, 4) is 0 Å². The summed E-state index contributed by atoms with van der Waals surface area (Å²) < 4.78 is 5.21. The number of hydrogen-bond donors (Lipinski definition) is 2. The molecule has 0 aliphatic heterocycles. The molecule has 5 nitrogen and oxygen atoms in total. The van der Waals surface area contributed by atoms with E-state index in [1.807, 2.05) is 12.1 Å². The molecule has 0 aliphatic rings. The van der Waals surface area contributed by atoms with E-state index in [1.165, 1.54) is 0 Å². The van der Waals surface area contributed by atoms with Crippen LogP contribution in [0.5, 0.6) is 0 Å². The fraction of sp³-hybridized carbons (Fsp3) is 0.143. The number of furan rings is 1. The van der Waals surface area contributed by atoms with Crippen molar-refractivity contribution < 1.29 is 4.42 Å². The molecule has 2 aromatic heterocycles. The zero-order valence-corrected chi connectivity index (χ0v) is 11.3. The van der Waals surface area contributed by atoms with E-state index in [2.05, 4.69) is 15.3 Å². The Balaban J connectivity index is 1.79. The fourth-order valence-electron chi connectivity index (χ4n) is 1.96. The molecule has 0 saturated carbocycles. The Morgan fingerprint density at radius 1 is 1.30 bits per heavy atom. The number of fused-ring (bicyclic) bond motifs is 1. The monoisotopic (exact) mass is 289 g/mol. The second kappa shape index (κ2) is 5.48. The van der Waals surface area contributed by atoms with Gasteiger partial charge in [0.15, 0.2) is 0 Å². The third-order valence-electron chi connectivity index (χ3n) is 2.89. The maximum Gasteiger partial charge on any atom is 0.258 e. The summed E-state index contributed by atoms with van der Waals surface area (Å²) in [6.45, 7) is 1.02. The molecule has 102 valence electrons. The number of hydrogen-bond acceptors (Lipinski definition) is 4. The van der Waals surface area contributed by atoms with Crippen molar-refractivity contribution in [2.45, 2.75) is 13.1 Å². The highest BCUT2D eigenvalue weighted by Crippen LogP contribution is 2.14. The van der Waals surface area contributed by atoms with E-state index in [0.717, 1.165) is 5.76 Å². The van der Waals surface area contributed by atoms with Crippen LogP contribution in [0.4, 0.5) is 0 Å². The Kier molecular flexibility index (Phi) is 3.54. The lowest BCUT2D eigenvalue weighted by Crippen LogP contribution is -2.19. The summed E-state index contributed by atoms with van der Waals surface area (Å²) in [7, 11) is 0. The highest BCUT2D eigenvalue weighted by atomic mass is 35.5. The van der Waals surface area contributed by atoms with Gasteiger partial charge in [0.05, 0.1) is 30.3 Å². The van der Waals surface area contributed by atoms with Crippen LogP contribution in [0.1, 0.15) is 11.6 Å². The zero-order valence-electron chi connectivity index (χ0n) is 10.5. The summed E-state index contributed by atoms with van der Waals surface area (Å²) in [4.78, 5) is 19.0. The lowest BCUT2D eigenvalue weighted by atomic mass is 10.2. The van der Waals surface area contributed by atoms with Gasteiger partial charge in [0, 0.05) is 5.02 Å². The van der Waals surface area contributed by atoms with E-state index in [0.29, 0.717) is 34.8 Å². The molecule has 0 amide bonds. The molecule has 3 rings (SSSR count). The van der Waals surface area contributed by atoms with Gasteiger partial charge in [0.2, 0.25) is 0 Å². The normalized spacial score (nSPS) is 11.1. The predicted octanol–water partition coefficient (Wildman–Crippen LogP) is 2.46. The quantitative estimate of drug-likeness (QED) is 0.774. The molecule has 0 unspecified atom stereocenters. The van der Waals surface area contributed by atoms with Crippen LogP contribution in [0.3, 0.4) is 0 Å². The minimum Gasteiger partial charge on any atom is -0.468 e. The fourth-order valence-corrected chi connectivity index (χ4v) is 2.13. The van der Waals surface area contributed by atoms with E-state index in [9.17, 15) is 4.79 Å². The number of aromatic amines is 1. The Hall–Kier alpha value is -2.11. The molecule has 0 radical (unpaired) electrons. The Morgan fingerprint density at radius 2 is 2.20 bits per heavy atom. The lowest BCUT2D eigenvalue weighted by Gasteiger charge is -2.04. The summed E-state index contributed by atoms with van der Waals surface area (Å²) >= 11 is 5.91. The van der Waals surface area contributed by atoms with E-state index in [-0.39, 0.29) is 5.56 Å². The largest absolute Gasteiger partial charge is 0.468 e. The molecule has 0 spiro atoms. The third kappa shape index (κ3) is 2.74. The van der Waals surface area contributed by atoms with Crippen molar-refractivity contribution in [1.29, 1.82) is 0 Å². The number of halogens is 1. The summed E-state index contributed by atoms with van der Waals surface area (Å²) in [5, 5.41) is 4.24. The average molecular weight is 290 g/mol. The van der Waals surface area contributed by atoms with Gasteiger partial charge >= 0.3 is 0 Å². The molecule has 0 atom stereocenters. The van der Waals surface area contributed by atoms with E-state index in [4.69, 9.17) is 16.0 Å². The standard InChI is InChI=1S/C14H12ClN3O2/c15-9-3-4-11-12(6-9)17-13(18-14(11)19)8-16-7-10-2-1-5-20-10/h1-6,16H,7-8H2,(H,17,18,19). The van der Waals surface area contributed by atoms with Crippen molar-refractivity contribution in [3.05, 3.63) is 63.6 Å². The van der Waals surface area contributed by atoms with Gasteiger partial charge in [-0.25, -0.2) is 4.98 Å². The minimum atomic E-state index is -0.165. The van der Waals surface area contributed by atoms with Crippen LogP contribution in [0.15, 0.2) is 45.8 Å². The van der Waals surface area contributed by atoms with Gasteiger partial charge < -0.3 is 14.7 Å². The van der Waals surface area contributed by atoms with Crippen molar-refractivity contribution in [1.82, 2.24) is 15.3 Å². The smallest absolute Gasteiger partial charge is 0.258 e. The van der Waals surface area contributed by atoms with Gasteiger partial charge in [-0.3, -0.25) is 4.79 Å². The number of benzene rings is 1. The van der Waals surface area contributed by atoms with Crippen molar-refractivity contribution in [2.24, 2.45) is 0 Å². The maximum absolute atomic E-state index is 11.9. The third-order valence-corrected chi connectivity index (χ3v) is 3.12. The van der Waals surface area contributed by atoms with Gasteiger partial charge in [-0.05, 0) is 30.3 Å². The number of H-pyrrole nitrogens is 1. The zero-order chi connectivity index (χ0) is 13.9. The van der Waals surface area contributed by atoms with Crippen molar-refractivity contribution in [3.63, 3.8) is 0 Å². The van der Waals surface area contributed by atoms with Crippen LogP contribution in [0.25, 0.3) is 10.9 Å². The van der Waals surface area contributed by atoms with Crippen LogP contribution < -0.4 is 10.9 Å². The Morgan fingerprint density at radius 3 is 3.00 bits per heavy atom. The molecular weight excluding hydrogens is 278 g/mol. The first-order valence-electron chi connectivity index (χ1n) is 6.14. The van der Waals surface area contributed by atoms with Crippen LogP contribution in [-0.4, -0.2) is 9.97 Å². The van der Waals surface area contributed by atoms with Crippen LogP contribution in [0, 0.1) is 0 Å². The SMILES string of the molecule is O=c1[nH]c(CNCc2ccco2)nc2cc(Cl)ccc12. The number of rotatable bonds is 4. The van der Waals surface area contributed by atoms with E-state index in [1.54, 1.807) is 24.5 Å². The summed E-state index contributed by atoms with van der Waals surface area (Å²) in [5.41, 5.74) is 0.428. The molecule has 2 heterocycles. The first-order chi connectivity index (χ1) is 9.72. The second-order valence-corrected chi connectivity index (χ2v) is 4.79. The maximum atomic E-state index is 11.9. The molecular formula is C14H12ClN3O2. The molecule has 20 heavy (non-hydrogen) atoms. The number of aromatic nitrogens is 2. The minimum absolute atomic E-state index is 0.165. The molecule has 0 saturated heterocycles. The van der Waals surface area contributed by atoms with Gasteiger partial charge in [0.25, 0.3) is 5.56 Å². The first-order valence-corrected chi connectivity index (χ1v) is 6.52. The molecule has 6 heteroatoms. The predicted molar refractivity (Wildman–Crippen MR) is 76.6 cm³/mol. The second-order valence-electron chi connectivity index (χ2n) is 4.36. The molecule has 1 aromatic carbocycles. The molecule has 0 fully saturated rings. The highest BCUT2D eigenvalue weighted by molar-refractivity contribution is 6.31. The first kappa shape index (κ1) is 12.9. The van der Waals surface area contributed by atoms with Gasteiger partial charge in [-0.2, -0.15) is 0 Å². The lowest BCUT2D eigenvalue weighted by molar-refractivity contribution is 0.480. The molecule has 3 aromatic rings. The Bertz CT molecular complexity index is 781. The highest BCUT2D eigenvalue weighted by Gasteiger charge is 2.04. The van der Waals surface area contributed by atoms with E-state index < -0.39 is 0 Å². The van der Waals surface area contributed by atoms with Gasteiger partial charge in [0.1, 0.15) is 11.6 Å². The van der Waals surface area contributed by atoms with Gasteiger partial charge in [-0.15, -0.1) is 0 Å². The number of nitrogens with one attached hydrogen (secondary N) is 2. The van der Waals surface area contributed by atoms with E-state index >= 15 is 0 Å². The molecule has 2 N–H and O–H groups in total. The average Bonchev–Trinajstić information content (AvgIpc) is 2.91. The summed E-state index contributed by atoms with van der Waals surface area (Å²) in [6.07, 6.45) is 1.62. The Labute approximate surface area is 119 Å². The van der Waals surface area contributed by atoms with Crippen molar-refractivity contribution >= 4 is 22.5 Å². The van der Waals surface area contributed by atoms with Crippen LogP contribution in [0.2, 0.25) is 5.02 Å². The number of nitrogens with zero attached hydrogens (tertiary/aromatic N) is 1. The van der Waals surface area contributed by atoms with Crippen molar-refractivity contribution in [2.75, 3.05) is 0 Å². The molecule has 0 bridgehead atoms. The topological polar surface area (TPSA) is 70.9 Å². The summed E-state index contributed by atoms with van der Waals surface area (Å²) in [5.74, 6) is 1.40. The van der Waals surface area contributed by atoms with Crippen LogP contribution in [-0.2, 0) is 13.1 Å². The van der Waals surface area contributed by atoms with Gasteiger partial charge in [-0.1, -0.05) is 11.6 Å².